The molecule has 1 aromatic rings. The highest BCUT2D eigenvalue weighted by molar-refractivity contribution is 14.0. The van der Waals surface area contributed by atoms with Crippen molar-refractivity contribution in [3.63, 3.8) is 0 Å². The number of nitrogens with one attached hydrogen (secondary N) is 2. The Bertz CT molecular complexity index is 584. The molecular formula is C16H21IN4O. The SMILES string of the molecule is CN=C(NCc1cccc(C#N)c1)NC1CC2CCC1O2.I. The zero-order valence-corrected chi connectivity index (χ0v) is 14.9. The maximum absolute atomic E-state index is 8.92. The molecule has 0 aromatic heterocycles. The Morgan fingerprint density at radius 2 is 2.32 bits per heavy atom. The van der Waals surface area contributed by atoms with Gasteiger partial charge in [0.2, 0.25) is 0 Å². The number of guanidine groups is 1. The first-order valence-corrected chi connectivity index (χ1v) is 7.40. The molecule has 5 nitrogen and oxygen atoms in total. The van der Waals surface area contributed by atoms with Crippen molar-refractivity contribution < 1.29 is 4.74 Å². The lowest BCUT2D eigenvalue weighted by molar-refractivity contribution is 0.0992. The van der Waals surface area contributed by atoms with Crippen molar-refractivity contribution in [3.8, 4) is 6.07 Å². The molecule has 2 saturated heterocycles. The van der Waals surface area contributed by atoms with Gasteiger partial charge in [0, 0.05) is 13.6 Å². The molecule has 2 N–H and O–H groups in total. The third-order valence-corrected chi connectivity index (χ3v) is 4.17. The lowest BCUT2D eigenvalue weighted by Crippen LogP contribution is -2.47. The van der Waals surface area contributed by atoms with Gasteiger partial charge in [-0.2, -0.15) is 5.26 Å². The molecule has 0 amide bonds. The summed E-state index contributed by atoms with van der Waals surface area (Å²) in [7, 11) is 1.77. The smallest absolute Gasteiger partial charge is 0.191 e. The van der Waals surface area contributed by atoms with Gasteiger partial charge in [0.1, 0.15) is 0 Å². The van der Waals surface area contributed by atoms with E-state index in [2.05, 4.69) is 21.7 Å². The largest absolute Gasteiger partial charge is 0.373 e. The van der Waals surface area contributed by atoms with E-state index in [1.807, 2.05) is 24.3 Å². The number of ether oxygens (including phenoxy) is 1. The molecule has 2 fully saturated rings. The van der Waals surface area contributed by atoms with Crippen LogP contribution in [0, 0.1) is 11.3 Å². The molecule has 0 radical (unpaired) electrons. The summed E-state index contributed by atoms with van der Waals surface area (Å²) in [5.41, 5.74) is 1.75. The van der Waals surface area contributed by atoms with Crippen LogP contribution in [0.4, 0.5) is 0 Å². The first-order chi connectivity index (χ1) is 10.3. The summed E-state index contributed by atoms with van der Waals surface area (Å²) >= 11 is 0. The van der Waals surface area contributed by atoms with Gasteiger partial charge < -0.3 is 15.4 Å². The van der Waals surface area contributed by atoms with Crippen LogP contribution in [0.25, 0.3) is 0 Å². The van der Waals surface area contributed by atoms with E-state index < -0.39 is 0 Å². The van der Waals surface area contributed by atoms with Crippen LogP contribution in [0.1, 0.15) is 30.4 Å². The minimum absolute atomic E-state index is 0. The summed E-state index contributed by atoms with van der Waals surface area (Å²) in [5.74, 6) is 0.790. The van der Waals surface area contributed by atoms with Crippen LogP contribution in [0.5, 0.6) is 0 Å². The summed E-state index contributed by atoms with van der Waals surface area (Å²) in [5, 5.41) is 15.7. The Kier molecular flexibility index (Phi) is 6.03. The second-order valence-electron chi connectivity index (χ2n) is 5.60. The molecule has 0 aliphatic carbocycles. The van der Waals surface area contributed by atoms with Crippen LogP contribution >= 0.6 is 24.0 Å². The third-order valence-electron chi connectivity index (χ3n) is 4.17. The zero-order valence-electron chi connectivity index (χ0n) is 12.6. The molecule has 3 unspecified atom stereocenters. The molecule has 1 aromatic carbocycles. The lowest BCUT2D eigenvalue weighted by Gasteiger charge is -2.22. The average Bonchev–Trinajstić information content (AvgIpc) is 3.14. The normalized spacial score (nSPS) is 26.2. The second-order valence-corrected chi connectivity index (χ2v) is 5.60. The van der Waals surface area contributed by atoms with Crippen molar-refractivity contribution in [3.05, 3.63) is 35.4 Å². The Morgan fingerprint density at radius 3 is 2.95 bits per heavy atom. The minimum Gasteiger partial charge on any atom is -0.373 e. The van der Waals surface area contributed by atoms with E-state index in [1.165, 1.54) is 6.42 Å². The van der Waals surface area contributed by atoms with E-state index in [9.17, 15) is 0 Å². The summed E-state index contributed by atoms with van der Waals surface area (Å²) in [6, 6.07) is 10.1. The summed E-state index contributed by atoms with van der Waals surface area (Å²) in [6.07, 6.45) is 4.16. The quantitative estimate of drug-likeness (QED) is 0.454. The van der Waals surface area contributed by atoms with E-state index >= 15 is 0 Å². The number of rotatable bonds is 3. The molecule has 2 bridgehead atoms. The number of aliphatic imine (C=N–C) groups is 1. The van der Waals surface area contributed by atoms with E-state index in [0.29, 0.717) is 30.4 Å². The molecule has 118 valence electrons. The van der Waals surface area contributed by atoms with E-state index in [4.69, 9.17) is 10.00 Å². The van der Waals surface area contributed by atoms with E-state index in [-0.39, 0.29) is 24.0 Å². The average molecular weight is 412 g/mol. The van der Waals surface area contributed by atoms with Gasteiger partial charge in [-0.05, 0) is 37.0 Å². The Hall–Kier alpha value is -1.33. The Labute approximate surface area is 148 Å². The number of fused-ring (bicyclic) bond motifs is 2. The molecule has 6 heteroatoms. The van der Waals surface area contributed by atoms with Crippen molar-refractivity contribution in [2.75, 3.05) is 7.05 Å². The predicted molar refractivity (Wildman–Crippen MR) is 96.2 cm³/mol. The fourth-order valence-corrected chi connectivity index (χ4v) is 3.10. The number of halogens is 1. The number of nitrogens with zero attached hydrogens (tertiary/aromatic N) is 2. The van der Waals surface area contributed by atoms with Crippen molar-refractivity contribution in [1.29, 1.82) is 5.26 Å². The molecule has 3 atom stereocenters. The van der Waals surface area contributed by atoms with Crippen molar-refractivity contribution in [2.45, 2.75) is 44.1 Å². The van der Waals surface area contributed by atoms with Crippen LogP contribution in [0.15, 0.2) is 29.3 Å². The first-order valence-electron chi connectivity index (χ1n) is 7.40. The summed E-state index contributed by atoms with van der Waals surface area (Å²) in [4.78, 5) is 4.27. The van der Waals surface area contributed by atoms with Crippen LogP contribution in [-0.2, 0) is 11.3 Å². The van der Waals surface area contributed by atoms with Gasteiger partial charge in [-0.15, -0.1) is 24.0 Å². The third kappa shape index (κ3) is 3.90. The molecular weight excluding hydrogens is 391 g/mol. The Morgan fingerprint density at radius 1 is 1.45 bits per heavy atom. The molecule has 22 heavy (non-hydrogen) atoms. The van der Waals surface area contributed by atoms with Crippen LogP contribution in [0.3, 0.4) is 0 Å². The monoisotopic (exact) mass is 412 g/mol. The molecule has 3 rings (SSSR count). The van der Waals surface area contributed by atoms with Gasteiger partial charge in [0.15, 0.2) is 5.96 Å². The second kappa shape index (κ2) is 7.79. The van der Waals surface area contributed by atoms with Crippen LogP contribution < -0.4 is 10.6 Å². The van der Waals surface area contributed by atoms with Gasteiger partial charge in [0.25, 0.3) is 0 Å². The molecule has 0 spiro atoms. The topological polar surface area (TPSA) is 69.4 Å². The molecule has 2 aliphatic heterocycles. The predicted octanol–water partition coefficient (Wildman–Crippen LogP) is 2.16. The number of benzene rings is 1. The van der Waals surface area contributed by atoms with Gasteiger partial charge in [-0.1, -0.05) is 12.1 Å². The number of hydrogen-bond acceptors (Lipinski definition) is 3. The fourth-order valence-electron chi connectivity index (χ4n) is 3.10. The fraction of sp³-hybridized carbons (Fsp3) is 0.500. The summed E-state index contributed by atoms with van der Waals surface area (Å²) in [6.45, 7) is 0.650. The van der Waals surface area contributed by atoms with Gasteiger partial charge in [-0.25, -0.2) is 0 Å². The lowest BCUT2D eigenvalue weighted by atomic mass is 9.96. The number of nitriles is 1. The highest BCUT2D eigenvalue weighted by Gasteiger charge is 2.41. The highest BCUT2D eigenvalue weighted by atomic mass is 127. The Balaban J connectivity index is 0.00000176. The zero-order chi connectivity index (χ0) is 14.7. The van der Waals surface area contributed by atoms with Crippen LogP contribution in [0.2, 0.25) is 0 Å². The van der Waals surface area contributed by atoms with Crippen molar-refractivity contribution in [2.24, 2.45) is 4.99 Å². The number of hydrogen-bond donors (Lipinski definition) is 2. The minimum atomic E-state index is 0. The highest BCUT2D eigenvalue weighted by Crippen LogP contribution is 2.34. The van der Waals surface area contributed by atoms with E-state index in [0.717, 1.165) is 24.4 Å². The van der Waals surface area contributed by atoms with Crippen LogP contribution in [-0.4, -0.2) is 31.3 Å². The molecule has 0 saturated carbocycles. The van der Waals surface area contributed by atoms with Gasteiger partial charge in [0.05, 0.1) is 29.9 Å². The first kappa shape index (κ1) is 17.0. The maximum atomic E-state index is 8.92. The standard InChI is InChI=1S/C16H20N4O.HI/c1-18-16(20-14-8-13-5-6-15(14)21-13)19-10-12-4-2-3-11(7-12)9-17;/h2-4,7,13-15H,5-6,8,10H2,1H3,(H2,18,19,20);1H. The van der Waals surface area contributed by atoms with E-state index in [1.54, 1.807) is 7.05 Å². The van der Waals surface area contributed by atoms with Crippen molar-refractivity contribution >= 4 is 29.9 Å². The maximum Gasteiger partial charge on any atom is 0.191 e. The van der Waals surface area contributed by atoms with Gasteiger partial charge >= 0.3 is 0 Å². The van der Waals surface area contributed by atoms with Gasteiger partial charge in [-0.3, -0.25) is 4.99 Å². The molecule has 2 aliphatic rings. The van der Waals surface area contributed by atoms with Crippen molar-refractivity contribution in [1.82, 2.24) is 10.6 Å². The molecule has 2 heterocycles. The summed E-state index contributed by atoms with van der Waals surface area (Å²) < 4.78 is 5.84.